The van der Waals surface area contributed by atoms with Gasteiger partial charge in [0.1, 0.15) is 5.75 Å². The van der Waals surface area contributed by atoms with Crippen molar-refractivity contribution in [2.45, 2.75) is 12.5 Å². The number of rotatable bonds is 7. The molecule has 90 valence electrons. The van der Waals surface area contributed by atoms with Crippen LogP contribution in [0.15, 0.2) is 24.3 Å². The summed E-state index contributed by atoms with van der Waals surface area (Å²) in [5.74, 6) is 0.743. The first kappa shape index (κ1) is 13.0. The van der Waals surface area contributed by atoms with E-state index >= 15 is 0 Å². The van der Waals surface area contributed by atoms with Crippen molar-refractivity contribution >= 4 is 0 Å². The molecule has 0 heterocycles. The van der Waals surface area contributed by atoms with Gasteiger partial charge in [0, 0.05) is 13.2 Å². The highest BCUT2D eigenvalue weighted by molar-refractivity contribution is 5.29. The molecule has 0 amide bonds. The van der Waals surface area contributed by atoms with Gasteiger partial charge in [-0.05, 0) is 30.7 Å². The third-order valence-corrected chi connectivity index (χ3v) is 2.33. The summed E-state index contributed by atoms with van der Waals surface area (Å²) in [6, 6.07) is 7.37. The number of aliphatic hydroxyl groups is 2. The van der Waals surface area contributed by atoms with Crippen molar-refractivity contribution in [3.8, 4) is 5.75 Å². The van der Waals surface area contributed by atoms with Gasteiger partial charge in [-0.25, -0.2) is 0 Å². The molecule has 1 atom stereocenters. The molecule has 0 aliphatic carbocycles. The van der Waals surface area contributed by atoms with Crippen LogP contribution in [0.4, 0.5) is 0 Å². The minimum atomic E-state index is -0.547. The molecule has 4 heteroatoms. The first-order valence-corrected chi connectivity index (χ1v) is 5.41. The minimum absolute atomic E-state index is 0.169. The van der Waals surface area contributed by atoms with Crippen molar-refractivity contribution in [2.24, 2.45) is 0 Å². The Kier molecular flexibility index (Phi) is 5.85. The number of ether oxygens (including phenoxy) is 1. The quantitative estimate of drug-likeness (QED) is 0.598. The maximum Gasteiger partial charge on any atom is 0.119 e. The van der Waals surface area contributed by atoms with Crippen LogP contribution < -0.4 is 10.1 Å². The van der Waals surface area contributed by atoms with Gasteiger partial charge < -0.3 is 20.3 Å². The fraction of sp³-hybridized carbons (Fsp3) is 0.500. The second-order valence-electron chi connectivity index (χ2n) is 3.57. The first-order chi connectivity index (χ1) is 7.77. The van der Waals surface area contributed by atoms with Gasteiger partial charge >= 0.3 is 0 Å². The lowest BCUT2D eigenvalue weighted by molar-refractivity contribution is 0.173. The van der Waals surface area contributed by atoms with Gasteiger partial charge in [0.05, 0.1) is 13.2 Å². The summed E-state index contributed by atoms with van der Waals surface area (Å²) in [4.78, 5) is 0. The van der Waals surface area contributed by atoms with Crippen LogP contribution in [-0.2, 0) is 0 Å². The van der Waals surface area contributed by atoms with Crippen LogP contribution in [0.5, 0.6) is 5.75 Å². The first-order valence-electron chi connectivity index (χ1n) is 5.41. The standard InChI is InChI=1S/C12H19NO3/c1-16-11-5-2-4-10(8-11)12(15)9-13-6-3-7-14/h2,4-5,8,12-15H,3,6-7,9H2,1H3. The van der Waals surface area contributed by atoms with Gasteiger partial charge in [0.2, 0.25) is 0 Å². The highest BCUT2D eigenvalue weighted by atomic mass is 16.5. The smallest absolute Gasteiger partial charge is 0.119 e. The van der Waals surface area contributed by atoms with Crippen LogP contribution >= 0.6 is 0 Å². The summed E-state index contributed by atoms with van der Waals surface area (Å²) in [5.41, 5.74) is 0.829. The Morgan fingerprint density at radius 3 is 2.94 bits per heavy atom. The molecular weight excluding hydrogens is 206 g/mol. The zero-order valence-corrected chi connectivity index (χ0v) is 9.52. The van der Waals surface area contributed by atoms with E-state index in [0.29, 0.717) is 19.5 Å². The molecule has 1 aromatic carbocycles. The van der Waals surface area contributed by atoms with Crippen molar-refractivity contribution < 1.29 is 14.9 Å². The molecule has 0 radical (unpaired) electrons. The van der Waals surface area contributed by atoms with Crippen molar-refractivity contribution in [1.29, 1.82) is 0 Å². The molecular formula is C12H19NO3. The molecule has 16 heavy (non-hydrogen) atoms. The normalized spacial score (nSPS) is 12.4. The van der Waals surface area contributed by atoms with Crippen LogP contribution in [0.1, 0.15) is 18.1 Å². The van der Waals surface area contributed by atoms with Gasteiger partial charge in [-0.1, -0.05) is 12.1 Å². The Balaban J connectivity index is 2.42. The predicted octanol–water partition coefficient (Wildman–Crippen LogP) is 0.701. The van der Waals surface area contributed by atoms with E-state index in [1.54, 1.807) is 7.11 Å². The fourth-order valence-electron chi connectivity index (χ4n) is 1.41. The summed E-state index contributed by atoms with van der Waals surface area (Å²) in [6.45, 7) is 1.35. The average molecular weight is 225 g/mol. The van der Waals surface area contributed by atoms with Crippen molar-refractivity contribution in [3.63, 3.8) is 0 Å². The highest BCUT2D eigenvalue weighted by Gasteiger charge is 2.07. The Bertz CT molecular complexity index is 304. The summed E-state index contributed by atoms with van der Waals surface area (Å²) < 4.78 is 5.08. The molecule has 0 saturated carbocycles. The van der Waals surface area contributed by atoms with Crippen LogP contribution in [0.3, 0.4) is 0 Å². The molecule has 0 aromatic heterocycles. The summed E-state index contributed by atoms with van der Waals surface area (Å²) in [7, 11) is 1.60. The number of benzene rings is 1. The molecule has 0 aliphatic heterocycles. The number of methoxy groups -OCH3 is 1. The van der Waals surface area contributed by atoms with Crippen molar-refractivity contribution in [2.75, 3.05) is 26.8 Å². The molecule has 1 rings (SSSR count). The van der Waals surface area contributed by atoms with Crippen LogP contribution in [0.25, 0.3) is 0 Å². The van der Waals surface area contributed by atoms with E-state index in [-0.39, 0.29) is 6.61 Å². The molecule has 0 spiro atoms. The molecule has 3 N–H and O–H groups in total. The second kappa shape index (κ2) is 7.22. The maximum absolute atomic E-state index is 9.86. The molecule has 0 saturated heterocycles. The SMILES string of the molecule is COc1cccc(C(O)CNCCCO)c1. The van der Waals surface area contributed by atoms with E-state index in [1.165, 1.54) is 0 Å². The lowest BCUT2D eigenvalue weighted by atomic mass is 10.1. The topological polar surface area (TPSA) is 61.7 Å². The monoisotopic (exact) mass is 225 g/mol. The van der Waals surface area contributed by atoms with E-state index in [4.69, 9.17) is 9.84 Å². The number of nitrogens with one attached hydrogen (secondary N) is 1. The van der Waals surface area contributed by atoms with Crippen LogP contribution in [0.2, 0.25) is 0 Å². The average Bonchev–Trinajstić information content (AvgIpc) is 2.34. The summed E-state index contributed by atoms with van der Waals surface area (Å²) >= 11 is 0. The molecule has 1 unspecified atom stereocenters. The Morgan fingerprint density at radius 1 is 1.44 bits per heavy atom. The van der Waals surface area contributed by atoms with Crippen molar-refractivity contribution in [3.05, 3.63) is 29.8 Å². The third-order valence-electron chi connectivity index (χ3n) is 2.33. The van der Waals surface area contributed by atoms with E-state index in [0.717, 1.165) is 11.3 Å². The van der Waals surface area contributed by atoms with Gasteiger partial charge in [-0.15, -0.1) is 0 Å². The molecule has 0 bridgehead atoms. The van der Waals surface area contributed by atoms with Gasteiger partial charge in [-0.2, -0.15) is 0 Å². The fourth-order valence-corrected chi connectivity index (χ4v) is 1.41. The zero-order chi connectivity index (χ0) is 11.8. The molecule has 0 fully saturated rings. The largest absolute Gasteiger partial charge is 0.497 e. The Morgan fingerprint density at radius 2 is 2.25 bits per heavy atom. The second-order valence-corrected chi connectivity index (χ2v) is 3.57. The van der Waals surface area contributed by atoms with Crippen LogP contribution in [0, 0.1) is 0 Å². The zero-order valence-electron chi connectivity index (χ0n) is 9.52. The summed E-state index contributed by atoms with van der Waals surface area (Å²) in [5, 5.41) is 21.5. The summed E-state index contributed by atoms with van der Waals surface area (Å²) in [6.07, 6.45) is 0.152. The van der Waals surface area contributed by atoms with E-state index in [9.17, 15) is 5.11 Å². The number of aliphatic hydroxyl groups excluding tert-OH is 2. The number of hydrogen-bond donors (Lipinski definition) is 3. The lowest BCUT2D eigenvalue weighted by Crippen LogP contribution is -2.23. The molecule has 0 aliphatic rings. The van der Waals surface area contributed by atoms with Gasteiger partial charge in [0.25, 0.3) is 0 Å². The maximum atomic E-state index is 9.86. The van der Waals surface area contributed by atoms with Gasteiger partial charge in [-0.3, -0.25) is 0 Å². The van der Waals surface area contributed by atoms with Crippen LogP contribution in [-0.4, -0.2) is 37.0 Å². The minimum Gasteiger partial charge on any atom is -0.497 e. The Labute approximate surface area is 95.9 Å². The lowest BCUT2D eigenvalue weighted by Gasteiger charge is -2.12. The molecule has 1 aromatic rings. The Hall–Kier alpha value is -1.10. The number of hydrogen-bond acceptors (Lipinski definition) is 4. The molecule has 4 nitrogen and oxygen atoms in total. The van der Waals surface area contributed by atoms with Gasteiger partial charge in [0.15, 0.2) is 0 Å². The third kappa shape index (κ3) is 4.18. The van der Waals surface area contributed by atoms with E-state index < -0.39 is 6.10 Å². The van der Waals surface area contributed by atoms with E-state index in [2.05, 4.69) is 5.32 Å². The predicted molar refractivity (Wildman–Crippen MR) is 62.5 cm³/mol. The van der Waals surface area contributed by atoms with Crippen molar-refractivity contribution in [1.82, 2.24) is 5.32 Å². The highest BCUT2D eigenvalue weighted by Crippen LogP contribution is 2.18. The van der Waals surface area contributed by atoms with E-state index in [1.807, 2.05) is 24.3 Å².